The summed E-state index contributed by atoms with van der Waals surface area (Å²) in [5.74, 6) is -0.949. The summed E-state index contributed by atoms with van der Waals surface area (Å²) in [6.45, 7) is 2.61. The van der Waals surface area contributed by atoms with E-state index in [1.165, 1.54) is 6.08 Å². The van der Waals surface area contributed by atoms with E-state index in [9.17, 15) is 4.79 Å². The standard InChI is InChI=1S/C7H11NO3/c1-5-4-11-6(8-5)2-3-7(9)10/h2-3,5-6,8H,4H2,1H3,(H,9,10)/t5-,6-/m1/s1. The zero-order chi connectivity index (χ0) is 8.27. The number of carboxylic acids is 1. The number of hydrogen-bond acceptors (Lipinski definition) is 3. The normalized spacial score (nSPS) is 31.4. The van der Waals surface area contributed by atoms with Gasteiger partial charge in [-0.05, 0) is 13.0 Å². The first-order chi connectivity index (χ1) is 5.18. The molecular formula is C7H11NO3. The fourth-order valence-electron chi connectivity index (χ4n) is 0.905. The van der Waals surface area contributed by atoms with Crippen molar-refractivity contribution in [1.29, 1.82) is 0 Å². The van der Waals surface area contributed by atoms with Gasteiger partial charge < -0.3 is 9.84 Å². The summed E-state index contributed by atoms with van der Waals surface area (Å²) < 4.78 is 5.15. The Morgan fingerprint density at radius 1 is 1.82 bits per heavy atom. The number of carboxylic acid groups (broad SMARTS) is 1. The molecule has 1 fully saturated rings. The van der Waals surface area contributed by atoms with E-state index in [1.807, 2.05) is 6.92 Å². The molecular weight excluding hydrogens is 146 g/mol. The lowest BCUT2D eigenvalue weighted by atomic mass is 10.4. The van der Waals surface area contributed by atoms with Crippen LogP contribution < -0.4 is 5.32 Å². The lowest BCUT2D eigenvalue weighted by Gasteiger charge is -2.02. The molecule has 1 saturated heterocycles. The predicted octanol–water partition coefficient (Wildman–Crippen LogP) is -0.0384. The van der Waals surface area contributed by atoms with Crippen LogP contribution in [0.15, 0.2) is 12.2 Å². The van der Waals surface area contributed by atoms with Gasteiger partial charge in [0.1, 0.15) is 6.23 Å². The molecule has 0 aromatic heterocycles. The Labute approximate surface area is 64.9 Å². The van der Waals surface area contributed by atoms with Gasteiger partial charge >= 0.3 is 5.97 Å². The van der Waals surface area contributed by atoms with Gasteiger partial charge in [-0.1, -0.05) is 0 Å². The Balaban J connectivity index is 2.33. The number of ether oxygens (including phenoxy) is 1. The quantitative estimate of drug-likeness (QED) is 0.552. The number of rotatable bonds is 2. The first-order valence-corrected chi connectivity index (χ1v) is 3.47. The van der Waals surface area contributed by atoms with E-state index in [0.29, 0.717) is 12.6 Å². The minimum Gasteiger partial charge on any atom is -0.478 e. The van der Waals surface area contributed by atoms with Gasteiger partial charge in [0.05, 0.1) is 6.61 Å². The molecule has 11 heavy (non-hydrogen) atoms. The predicted molar refractivity (Wildman–Crippen MR) is 39.1 cm³/mol. The van der Waals surface area contributed by atoms with Gasteiger partial charge in [0.2, 0.25) is 0 Å². The van der Waals surface area contributed by atoms with Crippen molar-refractivity contribution in [3.63, 3.8) is 0 Å². The minimum atomic E-state index is -0.949. The molecule has 62 valence electrons. The molecule has 0 bridgehead atoms. The average Bonchev–Trinajstić information content (AvgIpc) is 2.31. The molecule has 0 aromatic rings. The third kappa shape index (κ3) is 2.69. The molecule has 0 radical (unpaired) electrons. The SMILES string of the molecule is C[C@@H]1CO[C@H](C=CC(=O)O)N1. The summed E-state index contributed by atoms with van der Waals surface area (Å²) in [7, 11) is 0. The highest BCUT2D eigenvalue weighted by Crippen LogP contribution is 2.02. The van der Waals surface area contributed by atoms with Crippen molar-refractivity contribution in [2.75, 3.05) is 6.61 Å². The van der Waals surface area contributed by atoms with Crippen molar-refractivity contribution in [2.45, 2.75) is 19.2 Å². The maximum absolute atomic E-state index is 10.1. The second-order valence-corrected chi connectivity index (χ2v) is 2.52. The Bertz CT molecular complexity index is 179. The molecule has 0 saturated carbocycles. The maximum atomic E-state index is 10.1. The highest BCUT2D eigenvalue weighted by Gasteiger charge is 2.17. The molecule has 0 amide bonds. The smallest absolute Gasteiger partial charge is 0.328 e. The van der Waals surface area contributed by atoms with Crippen molar-refractivity contribution < 1.29 is 14.6 Å². The molecule has 4 heteroatoms. The average molecular weight is 157 g/mol. The zero-order valence-electron chi connectivity index (χ0n) is 6.28. The Morgan fingerprint density at radius 2 is 2.55 bits per heavy atom. The summed E-state index contributed by atoms with van der Waals surface area (Å²) >= 11 is 0. The summed E-state index contributed by atoms with van der Waals surface area (Å²) in [6.07, 6.45) is 2.34. The first-order valence-electron chi connectivity index (χ1n) is 3.47. The van der Waals surface area contributed by atoms with Crippen molar-refractivity contribution in [2.24, 2.45) is 0 Å². The molecule has 4 nitrogen and oxygen atoms in total. The Morgan fingerprint density at radius 3 is 3.00 bits per heavy atom. The molecule has 2 N–H and O–H groups in total. The monoisotopic (exact) mass is 157 g/mol. The third-order valence-corrected chi connectivity index (χ3v) is 1.39. The van der Waals surface area contributed by atoms with Crippen LogP contribution in [-0.4, -0.2) is 30.0 Å². The number of hydrogen-bond donors (Lipinski definition) is 2. The lowest BCUT2D eigenvalue weighted by Crippen LogP contribution is -2.26. The van der Waals surface area contributed by atoms with Crippen molar-refractivity contribution in [1.82, 2.24) is 5.32 Å². The molecule has 0 aliphatic carbocycles. The molecule has 1 heterocycles. The van der Waals surface area contributed by atoms with Gasteiger partial charge in [0.25, 0.3) is 0 Å². The van der Waals surface area contributed by atoms with E-state index in [0.717, 1.165) is 6.08 Å². The Hall–Kier alpha value is -0.870. The second-order valence-electron chi connectivity index (χ2n) is 2.52. The molecule has 2 atom stereocenters. The highest BCUT2D eigenvalue weighted by atomic mass is 16.5. The van der Waals surface area contributed by atoms with Crippen molar-refractivity contribution in [3.8, 4) is 0 Å². The fourth-order valence-corrected chi connectivity index (χ4v) is 0.905. The third-order valence-electron chi connectivity index (χ3n) is 1.39. The van der Waals surface area contributed by atoms with Gasteiger partial charge in [0, 0.05) is 12.1 Å². The number of carbonyl (C=O) groups is 1. The van der Waals surface area contributed by atoms with Crippen LogP contribution in [-0.2, 0) is 9.53 Å². The minimum absolute atomic E-state index is 0.235. The molecule has 0 aromatic carbocycles. The van der Waals surface area contributed by atoms with E-state index in [2.05, 4.69) is 5.32 Å². The van der Waals surface area contributed by atoms with Crippen LogP contribution in [0, 0.1) is 0 Å². The van der Waals surface area contributed by atoms with E-state index in [-0.39, 0.29) is 6.23 Å². The summed E-state index contributed by atoms with van der Waals surface area (Å²) in [5, 5.41) is 11.3. The fraction of sp³-hybridized carbons (Fsp3) is 0.571. The van der Waals surface area contributed by atoms with Gasteiger partial charge in [0.15, 0.2) is 0 Å². The van der Waals surface area contributed by atoms with Crippen LogP contribution in [0.3, 0.4) is 0 Å². The molecule has 1 rings (SSSR count). The lowest BCUT2D eigenvalue weighted by molar-refractivity contribution is -0.131. The first kappa shape index (κ1) is 8.23. The largest absolute Gasteiger partial charge is 0.478 e. The molecule has 0 unspecified atom stereocenters. The van der Waals surface area contributed by atoms with Crippen LogP contribution in [0.5, 0.6) is 0 Å². The second kappa shape index (κ2) is 3.50. The van der Waals surface area contributed by atoms with E-state index >= 15 is 0 Å². The number of aliphatic carboxylic acids is 1. The van der Waals surface area contributed by atoms with E-state index < -0.39 is 5.97 Å². The number of nitrogens with one attached hydrogen (secondary N) is 1. The van der Waals surface area contributed by atoms with Crippen molar-refractivity contribution >= 4 is 5.97 Å². The van der Waals surface area contributed by atoms with Gasteiger partial charge in [-0.2, -0.15) is 0 Å². The van der Waals surface area contributed by atoms with E-state index in [4.69, 9.17) is 9.84 Å². The molecule has 1 aliphatic rings. The highest BCUT2D eigenvalue weighted by molar-refractivity contribution is 5.79. The topological polar surface area (TPSA) is 58.6 Å². The van der Waals surface area contributed by atoms with Crippen LogP contribution in [0.2, 0.25) is 0 Å². The maximum Gasteiger partial charge on any atom is 0.328 e. The van der Waals surface area contributed by atoms with Crippen LogP contribution in [0.25, 0.3) is 0 Å². The summed E-state index contributed by atoms with van der Waals surface area (Å²) in [5.41, 5.74) is 0. The summed E-state index contributed by atoms with van der Waals surface area (Å²) in [6, 6.07) is 0.304. The van der Waals surface area contributed by atoms with Gasteiger partial charge in [-0.25, -0.2) is 4.79 Å². The van der Waals surface area contributed by atoms with Gasteiger partial charge in [-0.3, -0.25) is 5.32 Å². The van der Waals surface area contributed by atoms with Crippen molar-refractivity contribution in [3.05, 3.63) is 12.2 Å². The molecule has 0 spiro atoms. The van der Waals surface area contributed by atoms with Crippen LogP contribution >= 0.6 is 0 Å². The zero-order valence-corrected chi connectivity index (χ0v) is 6.28. The Kier molecular flexibility index (Phi) is 2.62. The van der Waals surface area contributed by atoms with Crippen LogP contribution in [0.4, 0.5) is 0 Å². The summed E-state index contributed by atoms with van der Waals surface area (Å²) in [4.78, 5) is 10.1. The van der Waals surface area contributed by atoms with E-state index in [1.54, 1.807) is 0 Å². The molecule has 1 aliphatic heterocycles. The van der Waals surface area contributed by atoms with Gasteiger partial charge in [-0.15, -0.1) is 0 Å². The van der Waals surface area contributed by atoms with Crippen LogP contribution in [0.1, 0.15) is 6.92 Å².